The number of hydrogen-bond acceptors (Lipinski definition) is 4. The van der Waals surface area contributed by atoms with Crippen LogP contribution in [-0.2, 0) is 4.74 Å². The van der Waals surface area contributed by atoms with E-state index in [0.717, 1.165) is 36.5 Å². The van der Waals surface area contributed by atoms with E-state index in [1.54, 1.807) is 31.4 Å². The van der Waals surface area contributed by atoms with Crippen molar-refractivity contribution in [3.8, 4) is 5.75 Å². The molecule has 3 aromatic rings. The van der Waals surface area contributed by atoms with Crippen LogP contribution in [0.5, 0.6) is 5.75 Å². The minimum atomic E-state index is -0.309. The van der Waals surface area contributed by atoms with Crippen LogP contribution in [0, 0.1) is 0 Å². The smallest absolute Gasteiger partial charge is 0.338 e. The summed E-state index contributed by atoms with van der Waals surface area (Å²) in [6, 6.07) is 18.3. The van der Waals surface area contributed by atoms with Crippen molar-refractivity contribution < 1.29 is 19.1 Å². The largest absolute Gasteiger partial charge is 0.496 e. The Kier molecular flexibility index (Phi) is 5.98. The highest BCUT2D eigenvalue weighted by molar-refractivity contribution is 6.08. The molecule has 0 saturated heterocycles. The van der Waals surface area contributed by atoms with Gasteiger partial charge in [0.1, 0.15) is 11.9 Å². The second-order valence-electron chi connectivity index (χ2n) is 7.60. The molecule has 5 heteroatoms. The molecule has 0 atom stereocenters. The highest BCUT2D eigenvalue weighted by atomic mass is 16.5. The molecular formula is C25H25NO4. The Morgan fingerprint density at radius 1 is 0.900 bits per heavy atom. The van der Waals surface area contributed by atoms with Gasteiger partial charge in [-0.3, -0.25) is 4.79 Å². The number of ether oxygens (including phenoxy) is 2. The number of fused-ring (bicyclic) bond motifs is 1. The molecule has 0 unspecified atom stereocenters. The molecule has 0 radical (unpaired) electrons. The molecule has 4 rings (SSSR count). The van der Waals surface area contributed by atoms with Gasteiger partial charge in [-0.1, -0.05) is 30.7 Å². The third-order valence-corrected chi connectivity index (χ3v) is 5.52. The first kappa shape index (κ1) is 20.0. The second kappa shape index (κ2) is 8.99. The summed E-state index contributed by atoms with van der Waals surface area (Å²) in [5.41, 5.74) is 1.54. The fraction of sp³-hybridized carbons (Fsp3) is 0.280. The van der Waals surface area contributed by atoms with Crippen LogP contribution >= 0.6 is 0 Å². The second-order valence-corrected chi connectivity index (χ2v) is 7.60. The summed E-state index contributed by atoms with van der Waals surface area (Å²) in [6.45, 7) is 0. The summed E-state index contributed by atoms with van der Waals surface area (Å²) in [5, 5.41) is 4.84. The number of anilines is 1. The molecule has 3 aromatic carbocycles. The fourth-order valence-electron chi connectivity index (χ4n) is 3.86. The van der Waals surface area contributed by atoms with Crippen LogP contribution in [-0.4, -0.2) is 25.1 Å². The summed E-state index contributed by atoms with van der Waals surface area (Å²) in [5.74, 6) is -0.0648. The van der Waals surface area contributed by atoms with E-state index >= 15 is 0 Å². The van der Waals surface area contributed by atoms with Gasteiger partial charge in [-0.25, -0.2) is 4.79 Å². The van der Waals surface area contributed by atoms with Gasteiger partial charge in [-0.15, -0.1) is 0 Å². The van der Waals surface area contributed by atoms with E-state index in [4.69, 9.17) is 9.47 Å². The molecule has 1 aliphatic rings. The quantitative estimate of drug-likeness (QED) is 0.564. The first-order chi connectivity index (χ1) is 14.6. The topological polar surface area (TPSA) is 64.6 Å². The average molecular weight is 403 g/mol. The molecular weight excluding hydrogens is 378 g/mol. The summed E-state index contributed by atoms with van der Waals surface area (Å²) < 4.78 is 11.0. The first-order valence-corrected chi connectivity index (χ1v) is 10.3. The van der Waals surface area contributed by atoms with E-state index < -0.39 is 0 Å². The monoisotopic (exact) mass is 403 g/mol. The van der Waals surface area contributed by atoms with Crippen molar-refractivity contribution in [3.05, 3.63) is 71.8 Å². The number of methoxy groups -OCH3 is 1. The van der Waals surface area contributed by atoms with Crippen molar-refractivity contribution in [2.24, 2.45) is 0 Å². The summed E-state index contributed by atoms with van der Waals surface area (Å²) in [7, 11) is 1.55. The molecule has 30 heavy (non-hydrogen) atoms. The maximum absolute atomic E-state index is 12.8. The van der Waals surface area contributed by atoms with Crippen molar-refractivity contribution in [2.45, 2.75) is 38.2 Å². The van der Waals surface area contributed by atoms with Gasteiger partial charge in [0.15, 0.2) is 0 Å². The van der Waals surface area contributed by atoms with Crippen molar-refractivity contribution in [3.63, 3.8) is 0 Å². The van der Waals surface area contributed by atoms with E-state index in [-0.39, 0.29) is 18.0 Å². The zero-order valence-electron chi connectivity index (χ0n) is 17.0. The van der Waals surface area contributed by atoms with Gasteiger partial charge < -0.3 is 14.8 Å². The third-order valence-electron chi connectivity index (χ3n) is 5.52. The third kappa shape index (κ3) is 4.46. The molecule has 0 aliphatic heterocycles. The Bertz CT molecular complexity index is 1050. The molecule has 1 aliphatic carbocycles. The highest BCUT2D eigenvalue weighted by Gasteiger charge is 2.19. The maximum atomic E-state index is 12.8. The number of benzene rings is 3. The minimum Gasteiger partial charge on any atom is -0.496 e. The Balaban J connectivity index is 1.46. The van der Waals surface area contributed by atoms with Gasteiger partial charge in [0.2, 0.25) is 0 Å². The van der Waals surface area contributed by atoms with Gasteiger partial charge in [0.25, 0.3) is 5.91 Å². The van der Waals surface area contributed by atoms with Crippen molar-refractivity contribution in [2.75, 3.05) is 12.4 Å². The molecule has 5 nitrogen and oxygen atoms in total. The van der Waals surface area contributed by atoms with Crippen molar-refractivity contribution in [1.29, 1.82) is 0 Å². The zero-order chi connectivity index (χ0) is 20.9. The molecule has 1 fully saturated rings. The Hall–Kier alpha value is -3.34. The molecule has 154 valence electrons. The van der Waals surface area contributed by atoms with Crippen LogP contribution in [0.3, 0.4) is 0 Å². The van der Waals surface area contributed by atoms with Crippen LogP contribution in [0.2, 0.25) is 0 Å². The van der Waals surface area contributed by atoms with Gasteiger partial charge >= 0.3 is 5.97 Å². The van der Waals surface area contributed by atoms with Crippen LogP contribution in [0.1, 0.15) is 52.8 Å². The van der Waals surface area contributed by atoms with Crippen molar-refractivity contribution >= 4 is 28.3 Å². The van der Waals surface area contributed by atoms with Crippen molar-refractivity contribution in [1.82, 2.24) is 0 Å². The Morgan fingerprint density at radius 2 is 1.57 bits per heavy atom. The molecule has 1 saturated carbocycles. The lowest BCUT2D eigenvalue weighted by Gasteiger charge is -2.21. The lowest BCUT2D eigenvalue weighted by atomic mass is 9.98. The first-order valence-electron chi connectivity index (χ1n) is 10.3. The lowest BCUT2D eigenvalue weighted by Crippen LogP contribution is -2.21. The van der Waals surface area contributed by atoms with Crippen LogP contribution in [0.15, 0.2) is 60.7 Å². The number of carbonyl (C=O) groups excluding carboxylic acids is 2. The van der Waals surface area contributed by atoms with E-state index in [1.165, 1.54) is 6.42 Å². The summed E-state index contributed by atoms with van der Waals surface area (Å²) >= 11 is 0. The van der Waals surface area contributed by atoms with Crippen LogP contribution in [0.4, 0.5) is 5.69 Å². The minimum absolute atomic E-state index is 0.0194. The zero-order valence-corrected chi connectivity index (χ0v) is 17.0. The summed E-state index contributed by atoms with van der Waals surface area (Å²) in [4.78, 5) is 25.2. The maximum Gasteiger partial charge on any atom is 0.338 e. The highest BCUT2D eigenvalue weighted by Crippen LogP contribution is 2.27. The molecule has 0 aromatic heterocycles. The van der Waals surface area contributed by atoms with Gasteiger partial charge in [0, 0.05) is 5.69 Å². The van der Waals surface area contributed by atoms with Crippen LogP contribution < -0.4 is 10.1 Å². The molecule has 1 N–H and O–H groups in total. The molecule has 0 bridgehead atoms. The number of nitrogens with one attached hydrogen (secondary N) is 1. The van der Waals surface area contributed by atoms with Gasteiger partial charge in [-0.05, 0) is 72.9 Å². The van der Waals surface area contributed by atoms with Crippen LogP contribution in [0.25, 0.3) is 10.8 Å². The van der Waals surface area contributed by atoms with Gasteiger partial charge in [-0.2, -0.15) is 0 Å². The predicted octanol–water partition coefficient (Wildman–Crippen LogP) is 5.59. The molecule has 1 amide bonds. The van der Waals surface area contributed by atoms with Gasteiger partial charge in [0.05, 0.1) is 18.2 Å². The number of carbonyl (C=O) groups is 2. The van der Waals surface area contributed by atoms with E-state index in [1.807, 2.05) is 36.4 Å². The summed E-state index contributed by atoms with van der Waals surface area (Å²) in [6.07, 6.45) is 5.33. The predicted molar refractivity (Wildman–Crippen MR) is 117 cm³/mol. The van der Waals surface area contributed by atoms with E-state index in [9.17, 15) is 9.59 Å². The average Bonchev–Trinajstić information content (AvgIpc) is 2.79. The lowest BCUT2D eigenvalue weighted by molar-refractivity contribution is 0.0211. The Morgan fingerprint density at radius 3 is 2.23 bits per heavy atom. The number of esters is 1. The standard InChI is InChI=1S/C25H25NO4/c1-29-23-16-19-8-6-5-7-18(19)15-22(23)24(27)26-20-13-11-17(12-14-20)25(28)30-21-9-3-2-4-10-21/h5-8,11-16,21H,2-4,9-10H2,1H3,(H,26,27). The number of rotatable bonds is 5. The van der Waals surface area contributed by atoms with E-state index in [2.05, 4.69) is 5.32 Å². The normalized spacial score (nSPS) is 14.3. The number of amides is 1. The Labute approximate surface area is 176 Å². The SMILES string of the molecule is COc1cc2ccccc2cc1C(=O)Nc1ccc(C(=O)OC2CCCCC2)cc1. The number of hydrogen-bond donors (Lipinski definition) is 1. The molecule has 0 spiro atoms. The molecule has 0 heterocycles. The van der Waals surface area contributed by atoms with E-state index in [0.29, 0.717) is 22.6 Å². The fourth-order valence-corrected chi connectivity index (χ4v) is 3.86.